The lowest BCUT2D eigenvalue weighted by atomic mass is 10.1. The van der Waals surface area contributed by atoms with Crippen molar-refractivity contribution >= 4 is 11.2 Å². The van der Waals surface area contributed by atoms with Gasteiger partial charge in [-0.05, 0) is 31.8 Å². The molecule has 0 aromatic rings. The summed E-state index contributed by atoms with van der Waals surface area (Å²) in [5, 5.41) is 0. The molecule has 0 heterocycles. The maximum absolute atomic E-state index is 12.2. The molecule has 1 unspecified atom stereocenters. The van der Waals surface area contributed by atoms with E-state index in [0.717, 1.165) is 25.8 Å². The van der Waals surface area contributed by atoms with Gasteiger partial charge in [-0.2, -0.15) is 0 Å². The van der Waals surface area contributed by atoms with Crippen molar-refractivity contribution in [3.63, 3.8) is 0 Å². The monoisotopic (exact) mass is 286 g/mol. The molecular formula is C15H30N2OS. The van der Waals surface area contributed by atoms with Crippen LogP contribution in [0.3, 0.4) is 0 Å². The van der Waals surface area contributed by atoms with E-state index in [-0.39, 0.29) is 0 Å². The minimum Gasteiger partial charge on any atom is -0.225 e. The topological polar surface area (TPSA) is 23.6 Å². The smallest absolute Gasteiger partial charge is 0.172 e. The van der Waals surface area contributed by atoms with Gasteiger partial charge in [-0.1, -0.05) is 39.0 Å². The van der Waals surface area contributed by atoms with Crippen LogP contribution in [0.4, 0.5) is 0 Å². The average molecular weight is 286 g/mol. The maximum atomic E-state index is 12.2. The second kappa shape index (κ2) is 10.4. The molecule has 1 rings (SSSR count). The lowest BCUT2D eigenvalue weighted by Crippen LogP contribution is -2.41. The van der Waals surface area contributed by atoms with Gasteiger partial charge in [0.1, 0.15) is 0 Å². The van der Waals surface area contributed by atoms with Crippen LogP contribution in [0.5, 0.6) is 0 Å². The Hall–Kier alpha value is -0.450. The highest BCUT2D eigenvalue weighted by atomic mass is 32.2. The minimum atomic E-state index is -1.05. The Kier molecular flexibility index (Phi) is 10.1. The van der Waals surface area contributed by atoms with Gasteiger partial charge in [0.05, 0.1) is 0 Å². The minimum absolute atomic E-state index is 0.328. The van der Waals surface area contributed by atoms with E-state index in [1.165, 1.54) is 5.57 Å². The molecule has 0 aliphatic heterocycles. The molecule has 0 bridgehead atoms. The Balaban J connectivity index is 0.00000154. The third kappa shape index (κ3) is 6.50. The van der Waals surface area contributed by atoms with E-state index in [1.54, 1.807) is 4.31 Å². The normalized spacial score (nSPS) is 17.8. The number of nitrogens with zero attached hydrogens (tertiary/aromatic N) is 2. The second-order valence-electron chi connectivity index (χ2n) is 4.63. The molecule has 0 N–H and O–H groups in total. The predicted molar refractivity (Wildman–Crippen MR) is 86.1 cm³/mol. The molecule has 3 nitrogen and oxygen atoms in total. The summed E-state index contributed by atoms with van der Waals surface area (Å²) in [5.74, 6) is 0. The first-order valence-electron chi connectivity index (χ1n) is 7.27. The van der Waals surface area contributed by atoms with Crippen LogP contribution in [0.1, 0.15) is 47.0 Å². The van der Waals surface area contributed by atoms with Gasteiger partial charge < -0.3 is 0 Å². The Morgan fingerprint density at radius 1 is 1.32 bits per heavy atom. The number of hydrogen-bond donors (Lipinski definition) is 0. The van der Waals surface area contributed by atoms with Crippen molar-refractivity contribution in [3.8, 4) is 0 Å². The van der Waals surface area contributed by atoms with Gasteiger partial charge in [-0.15, -0.1) is 0 Å². The lowest BCUT2D eigenvalue weighted by Gasteiger charge is -2.30. The Morgan fingerprint density at radius 2 is 1.95 bits per heavy atom. The van der Waals surface area contributed by atoms with Crippen LogP contribution in [0.2, 0.25) is 0 Å². The summed E-state index contributed by atoms with van der Waals surface area (Å²) in [5.41, 5.74) is 1.28. The van der Waals surface area contributed by atoms with E-state index in [0.29, 0.717) is 6.04 Å². The Bertz CT molecular complexity index is 324. The summed E-state index contributed by atoms with van der Waals surface area (Å²) in [6.07, 6.45) is 9.85. The van der Waals surface area contributed by atoms with Gasteiger partial charge in [0.15, 0.2) is 11.2 Å². The van der Waals surface area contributed by atoms with Crippen molar-refractivity contribution in [1.29, 1.82) is 0 Å². The van der Waals surface area contributed by atoms with E-state index in [4.69, 9.17) is 0 Å². The first kappa shape index (κ1) is 18.6. The van der Waals surface area contributed by atoms with E-state index < -0.39 is 11.2 Å². The molecular weight excluding hydrogens is 256 g/mol. The fourth-order valence-corrected chi connectivity index (χ4v) is 2.88. The molecule has 0 aromatic heterocycles. The van der Waals surface area contributed by atoms with Crippen LogP contribution in [-0.4, -0.2) is 39.5 Å². The molecule has 0 spiro atoms. The third-order valence-electron chi connectivity index (χ3n) is 3.01. The molecule has 0 amide bonds. The number of rotatable bonds is 6. The van der Waals surface area contributed by atoms with Crippen LogP contribution in [0.25, 0.3) is 0 Å². The second-order valence-corrected chi connectivity index (χ2v) is 6.30. The van der Waals surface area contributed by atoms with Crippen LogP contribution < -0.4 is 0 Å². The summed E-state index contributed by atoms with van der Waals surface area (Å²) in [6.45, 7) is 9.04. The van der Waals surface area contributed by atoms with Gasteiger partial charge in [-0.25, -0.2) is 12.8 Å². The number of hydrogen-bond acceptors (Lipinski definition) is 1. The fraction of sp³-hybridized carbons (Fsp3) is 0.733. The highest BCUT2D eigenvalue weighted by Gasteiger charge is 2.21. The van der Waals surface area contributed by atoms with Gasteiger partial charge in [0.2, 0.25) is 0 Å². The number of allylic oxidation sites excluding steroid dienone is 2. The Labute approximate surface area is 122 Å². The molecule has 0 fully saturated rings. The van der Waals surface area contributed by atoms with Crippen LogP contribution in [0.15, 0.2) is 23.8 Å². The molecule has 1 aliphatic carbocycles. The van der Waals surface area contributed by atoms with Gasteiger partial charge >= 0.3 is 0 Å². The molecule has 0 saturated heterocycles. The first-order valence-corrected chi connectivity index (χ1v) is 8.34. The van der Waals surface area contributed by atoms with Crippen LogP contribution >= 0.6 is 0 Å². The highest BCUT2D eigenvalue weighted by molar-refractivity contribution is 7.80. The van der Waals surface area contributed by atoms with Crippen molar-refractivity contribution < 1.29 is 4.21 Å². The predicted octanol–water partition coefficient (Wildman–Crippen LogP) is 3.53. The largest absolute Gasteiger partial charge is 0.225 e. The van der Waals surface area contributed by atoms with E-state index in [2.05, 4.69) is 36.4 Å². The van der Waals surface area contributed by atoms with Gasteiger partial charge in [-0.3, -0.25) is 0 Å². The van der Waals surface area contributed by atoms with Gasteiger partial charge in [0.25, 0.3) is 0 Å². The fourth-order valence-electron chi connectivity index (χ4n) is 1.74. The summed E-state index contributed by atoms with van der Waals surface area (Å²) in [6, 6.07) is 0.328. The van der Waals surface area contributed by atoms with Crippen LogP contribution in [-0.2, 0) is 11.2 Å². The molecule has 0 aromatic carbocycles. The van der Waals surface area contributed by atoms with Crippen molar-refractivity contribution in [3.05, 3.63) is 23.8 Å². The molecule has 2 atom stereocenters. The van der Waals surface area contributed by atoms with Crippen molar-refractivity contribution in [2.75, 3.05) is 20.6 Å². The van der Waals surface area contributed by atoms with E-state index in [1.807, 2.05) is 27.9 Å². The quantitative estimate of drug-likeness (QED) is 0.732. The third-order valence-corrected chi connectivity index (χ3v) is 4.52. The summed E-state index contributed by atoms with van der Waals surface area (Å²) in [7, 11) is 3.72. The molecule has 0 saturated carbocycles. The van der Waals surface area contributed by atoms with Crippen molar-refractivity contribution in [2.45, 2.75) is 53.0 Å². The molecule has 0 radical (unpaired) electrons. The maximum Gasteiger partial charge on any atom is 0.172 e. The molecule has 4 heteroatoms. The van der Waals surface area contributed by atoms with E-state index in [9.17, 15) is 4.21 Å². The molecule has 19 heavy (non-hydrogen) atoms. The van der Waals surface area contributed by atoms with E-state index >= 15 is 0 Å². The zero-order valence-corrected chi connectivity index (χ0v) is 14.2. The Morgan fingerprint density at radius 3 is 2.37 bits per heavy atom. The van der Waals surface area contributed by atoms with Crippen molar-refractivity contribution in [1.82, 2.24) is 8.61 Å². The summed E-state index contributed by atoms with van der Waals surface area (Å²) >= 11 is -1.05. The SMILES string of the molecule is CC.CC[C@@H](C)N(CC1=CCCC=C1)S(=O)N(C)C. The molecule has 112 valence electrons. The molecule has 1 aliphatic rings. The average Bonchev–Trinajstić information content (AvgIpc) is 2.46. The zero-order chi connectivity index (χ0) is 14.8. The van der Waals surface area contributed by atoms with Crippen LogP contribution in [0, 0.1) is 0 Å². The first-order chi connectivity index (χ1) is 9.06. The zero-order valence-electron chi connectivity index (χ0n) is 13.3. The highest BCUT2D eigenvalue weighted by Crippen LogP contribution is 2.16. The standard InChI is InChI=1S/C13H24N2OS.C2H6/c1-5-12(2)15(17(16)14(3)4)11-13-9-7-6-8-10-13;1-2/h7,9-10,12H,5-6,8,11H2,1-4H3;1-2H3/t12-,17?;/m1./s1. The van der Waals surface area contributed by atoms with Crippen molar-refractivity contribution in [2.24, 2.45) is 0 Å². The van der Waals surface area contributed by atoms with Gasteiger partial charge in [0, 0.05) is 26.7 Å². The summed E-state index contributed by atoms with van der Waals surface area (Å²) < 4.78 is 16.0. The summed E-state index contributed by atoms with van der Waals surface area (Å²) in [4.78, 5) is 0. The lowest BCUT2D eigenvalue weighted by molar-refractivity contribution is 0.354.